The molecule has 0 radical (unpaired) electrons. The summed E-state index contributed by atoms with van der Waals surface area (Å²) in [5.74, 6) is -0.833. The van der Waals surface area contributed by atoms with Gasteiger partial charge in [0.1, 0.15) is 5.69 Å². The third-order valence-electron chi connectivity index (χ3n) is 6.21. The Kier molecular flexibility index (Phi) is 6.53. The molecule has 0 saturated heterocycles. The van der Waals surface area contributed by atoms with Crippen LogP contribution in [0.2, 0.25) is 0 Å². The number of nitrogens with one attached hydrogen (secondary N) is 1. The smallest absolute Gasteiger partial charge is 0.300 e. The van der Waals surface area contributed by atoms with E-state index >= 15 is 0 Å². The van der Waals surface area contributed by atoms with Crippen LogP contribution < -0.4 is 11.3 Å². The number of H-pyrrole nitrogens is 1. The van der Waals surface area contributed by atoms with Crippen molar-refractivity contribution in [2.45, 2.75) is 20.0 Å². The van der Waals surface area contributed by atoms with Crippen molar-refractivity contribution < 1.29 is 9.90 Å². The van der Waals surface area contributed by atoms with Crippen molar-refractivity contribution in [1.82, 2.24) is 14.5 Å². The van der Waals surface area contributed by atoms with Crippen LogP contribution >= 0.6 is 0 Å². The molecular formula is C30H26N4O3. The van der Waals surface area contributed by atoms with Crippen molar-refractivity contribution in [3.05, 3.63) is 113 Å². The molecule has 4 aromatic carbocycles. The van der Waals surface area contributed by atoms with E-state index in [2.05, 4.69) is 45.9 Å². The van der Waals surface area contributed by atoms with Gasteiger partial charge in [-0.3, -0.25) is 9.59 Å². The number of nitrogens with two attached hydrogens (primary N) is 1. The van der Waals surface area contributed by atoms with Crippen LogP contribution in [0.4, 0.5) is 0 Å². The van der Waals surface area contributed by atoms with Crippen molar-refractivity contribution in [2.75, 3.05) is 0 Å². The standard InChI is InChI=1S/C28H22N4O.C2H4O2/c29-15-18-9-11-19(12-10-18)16-32-17-23(22-7-3-4-8-26(22)32)27-28(33)31-25-14-21-6-2-1-5-20(21)13-24(25)30-27;1-2(3)4/h1-14,17H,15-16,29H2,(H,31,33);1H3,(H,3,4). The Labute approximate surface area is 212 Å². The van der Waals surface area contributed by atoms with Gasteiger partial charge in [0.25, 0.3) is 11.5 Å². The number of hydrogen-bond donors (Lipinski definition) is 3. The predicted molar refractivity (Wildman–Crippen MR) is 148 cm³/mol. The van der Waals surface area contributed by atoms with Gasteiger partial charge in [-0.05, 0) is 40.1 Å². The molecule has 0 spiro atoms. The zero-order valence-corrected chi connectivity index (χ0v) is 20.3. The summed E-state index contributed by atoms with van der Waals surface area (Å²) in [4.78, 5) is 30.0. The summed E-state index contributed by atoms with van der Waals surface area (Å²) >= 11 is 0. The number of rotatable bonds is 4. The lowest BCUT2D eigenvalue weighted by molar-refractivity contribution is -0.134. The Hall–Kier alpha value is -4.75. The van der Waals surface area contributed by atoms with Crippen molar-refractivity contribution in [3.63, 3.8) is 0 Å². The van der Waals surface area contributed by atoms with Crippen LogP contribution in [-0.2, 0) is 17.9 Å². The highest BCUT2D eigenvalue weighted by molar-refractivity contribution is 5.98. The summed E-state index contributed by atoms with van der Waals surface area (Å²) in [6, 6.07) is 28.6. The van der Waals surface area contributed by atoms with Crippen LogP contribution in [0.3, 0.4) is 0 Å². The molecule has 184 valence electrons. The highest BCUT2D eigenvalue weighted by Gasteiger charge is 2.16. The normalized spacial score (nSPS) is 11.0. The number of carbonyl (C=O) groups is 1. The maximum absolute atomic E-state index is 13.1. The summed E-state index contributed by atoms with van der Waals surface area (Å²) in [5, 5.41) is 10.6. The number of carboxylic acids is 1. The molecule has 0 aliphatic heterocycles. The molecule has 0 atom stereocenters. The predicted octanol–water partition coefficient (Wildman–Crippen LogP) is 5.30. The molecule has 0 bridgehead atoms. The number of fused-ring (bicyclic) bond motifs is 3. The van der Waals surface area contributed by atoms with E-state index in [1.165, 1.54) is 5.56 Å². The minimum Gasteiger partial charge on any atom is -0.481 e. The first-order valence-corrected chi connectivity index (χ1v) is 11.9. The highest BCUT2D eigenvalue weighted by Crippen LogP contribution is 2.30. The zero-order chi connectivity index (χ0) is 25.9. The fourth-order valence-electron chi connectivity index (χ4n) is 4.50. The number of nitrogens with zero attached hydrogens (tertiary/aromatic N) is 2. The first-order chi connectivity index (χ1) is 17.9. The van der Waals surface area contributed by atoms with Crippen LogP contribution in [0.25, 0.3) is 44.0 Å². The SMILES string of the molecule is CC(=O)O.NCc1ccc(Cn2cc(-c3nc4cc5ccccc5cc4[nH]c3=O)c3ccccc32)cc1. The highest BCUT2D eigenvalue weighted by atomic mass is 16.4. The second-order valence-electron chi connectivity index (χ2n) is 8.86. The van der Waals surface area contributed by atoms with Crippen LogP contribution in [-0.4, -0.2) is 25.6 Å². The second kappa shape index (κ2) is 10.1. The average Bonchev–Trinajstić information content (AvgIpc) is 3.25. The summed E-state index contributed by atoms with van der Waals surface area (Å²) < 4.78 is 2.17. The van der Waals surface area contributed by atoms with E-state index in [1.807, 2.05) is 54.7 Å². The van der Waals surface area contributed by atoms with Gasteiger partial charge in [0.2, 0.25) is 0 Å². The Morgan fingerprint density at radius 3 is 2.27 bits per heavy atom. The van der Waals surface area contributed by atoms with Crippen LogP contribution in [0, 0.1) is 0 Å². The topological polar surface area (TPSA) is 114 Å². The summed E-state index contributed by atoms with van der Waals surface area (Å²) in [7, 11) is 0. The van der Waals surface area contributed by atoms with Gasteiger partial charge in [0, 0.05) is 42.7 Å². The van der Waals surface area contributed by atoms with Crippen LogP contribution in [0.1, 0.15) is 18.1 Å². The van der Waals surface area contributed by atoms with Crippen molar-refractivity contribution in [2.24, 2.45) is 5.73 Å². The molecule has 4 N–H and O–H groups in total. The molecule has 6 aromatic rings. The molecule has 0 saturated carbocycles. The molecule has 0 amide bonds. The molecule has 7 nitrogen and oxygen atoms in total. The largest absolute Gasteiger partial charge is 0.481 e. The lowest BCUT2D eigenvalue weighted by atomic mass is 10.1. The first-order valence-electron chi connectivity index (χ1n) is 11.9. The molecule has 6 rings (SSSR count). The molecule has 0 aliphatic rings. The number of hydrogen-bond acceptors (Lipinski definition) is 4. The van der Waals surface area contributed by atoms with E-state index in [0.717, 1.165) is 50.8 Å². The molecule has 0 fully saturated rings. The van der Waals surface area contributed by atoms with E-state index in [4.69, 9.17) is 20.6 Å². The Morgan fingerprint density at radius 1 is 0.946 bits per heavy atom. The molecule has 0 unspecified atom stereocenters. The fourth-order valence-corrected chi connectivity index (χ4v) is 4.50. The number of aromatic amines is 1. The molecular weight excluding hydrogens is 464 g/mol. The first kappa shape index (κ1) is 24.0. The quantitative estimate of drug-likeness (QED) is 0.290. The van der Waals surface area contributed by atoms with Gasteiger partial charge in [-0.2, -0.15) is 0 Å². The maximum atomic E-state index is 13.1. The monoisotopic (exact) mass is 490 g/mol. The van der Waals surface area contributed by atoms with Gasteiger partial charge in [-0.1, -0.05) is 66.7 Å². The van der Waals surface area contributed by atoms with Crippen molar-refractivity contribution in [1.29, 1.82) is 0 Å². The van der Waals surface area contributed by atoms with Crippen LogP contribution in [0.15, 0.2) is 95.9 Å². The Bertz CT molecular complexity index is 1800. The van der Waals surface area contributed by atoms with Crippen molar-refractivity contribution in [3.8, 4) is 11.3 Å². The number of carboxylic acid groups (broad SMARTS) is 1. The third-order valence-corrected chi connectivity index (χ3v) is 6.21. The molecule has 7 heteroatoms. The van der Waals surface area contributed by atoms with Gasteiger partial charge >= 0.3 is 0 Å². The second-order valence-corrected chi connectivity index (χ2v) is 8.86. The number of para-hydroxylation sites is 1. The Balaban J connectivity index is 0.000000655. The minimum absolute atomic E-state index is 0.187. The van der Waals surface area contributed by atoms with Gasteiger partial charge < -0.3 is 20.4 Å². The minimum atomic E-state index is -0.833. The van der Waals surface area contributed by atoms with Crippen LogP contribution in [0.5, 0.6) is 0 Å². The van der Waals surface area contributed by atoms with E-state index < -0.39 is 5.97 Å². The molecule has 0 aliphatic carbocycles. The summed E-state index contributed by atoms with van der Waals surface area (Å²) in [5.41, 5.74) is 11.7. The average molecular weight is 491 g/mol. The van der Waals surface area contributed by atoms with Gasteiger partial charge in [-0.25, -0.2) is 4.98 Å². The lowest BCUT2D eigenvalue weighted by Crippen LogP contribution is -2.11. The van der Waals surface area contributed by atoms with E-state index in [1.54, 1.807) is 0 Å². The van der Waals surface area contributed by atoms with E-state index in [-0.39, 0.29) is 5.56 Å². The molecule has 2 heterocycles. The zero-order valence-electron chi connectivity index (χ0n) is 20.3. The van der Waals surface area contributed by atoms with E-state index in [9.17, 15) is 4.79 Å². The number of aliphatic carboxylic acids is 1. The number of aromatic nitrogens is 3. The molecule has 37 heavy (non-hydrogen) atoms. The van der Waals surface area contributed by atoms with Gasteiger partial charge in [-0.15, -0.1) is 0 Å². The van der Waals surface area contributed by atoms with E-state index in [0.29, 0.717) is 18.8 Å². The van der Waals surface area contributed by atoms with Gasteiger partial charge in [0.15, 0.2) is 0 Å². The number of benzene rings is 4. The summed E-state index contributed by atoms with van der Waals surface area (Å²) in [6.07, 6.45) is 2.03. The Morgan fingerprint density at radius 2 is 1.57 bits per heavy atom. The lowest BCUT2D eigenvalue weighted by Gasteiger charge is -2.06. The summed E-state index contributed by atoms with van der Waals surface area (Å²) in [6.45, 7) is 2.31. The maximum Gasteiger partial charge on any atom is 0.300 e. The van der Waals surface area contributed by atoms with Gasteiger partial charge in [0.05, 0.1) is 11.0 Å². The third kappa shape index (κ3) is 4.98. The fraction of sp³-hybridized carbons (Fsp3) is 0.100. The van der Waals surface area contributed by atoms with Crippen molar-refractivity contribution >= 4 is 38.7 Å². The molecule has 2 aromatic heterocycles.